The molecule has 114 valence electrons. The monoisotopic (exact) mass is 328 g/mol. The number of sulfone groups is 1. The van der Waals surface area contributed by atoms with Crippen LogP contribution < -0.4 is 0 Å². The molecule has 7 heteroatoms. The molecule has 0 saturated heterocycles. The van der Waals surface area contributed by atoms with E-state index >= 15 is 0 Å². The second-order valence-corrected chi connectivity index (χ2v) is 7.87. The van der Waals surface area contributed by atoms with Gasteiger partial charge in [-0.15, -0.1) is 0 Å². The van der Waals surface area contributed by atoms with Gasteiger partial charge in [0.05, 0.1) is 5.75 Å². The van der Waals surface area contributed by atoms with Crippen molar-refractivity contribution in [3.63, 3.8) is 0 Å². The second kappa shape index (κ2) is 6.58. The molecule has 5 nitrogen and oxygen atoms in total. The van der Waals surface area contributed by atoms with Gasteiger partial charge in [-0.3, -0.25) is 0 Å². The van der Waals surface area contributed by atoms with Gasteiger partial charge in [-0.2, -0.15) is 4.98 Å². The summed E-state index contributed by atoms with van der Waals surface area (Å²) in [6, 6.07) is 6.78. The van der Waals surface area contributed by atoms with Gasteiger partial charge in [0.25, 0.3) is 0 Å². The van der Waals surface area contributed by atoms with E-state index in [0.29, 0.717) is 28.7 Å². The van der Waals surface area contributed by atoms with Gasteiger partial charge in [0, 0.05) is 11.4 Å². The van der Waals surface area contributed by atoms with E-state index in [4.69, 9.17) is 16.1 Å². The van der Waals surface area contributed by atoms with E-state index in [9.17, 15) is 8.42 Å². The number of halogens is 1. The van der Waals surface area contributed by atoms with Crippen molar-refractivity contribution in [3.8, 4) is 0 Å². The zero-order chi connectivity index (χ0) is 15.5. The zero-order valence-corrected chi connectivity index (χ0v) is 13.5. The van der Waals surface area contributed by atoms with E-state index in [-0.39, 0.29) is 17.4 Å². The number of aromatic nitrogens is 2. The lowest BCUT2D eigenvalue weighted by Gasteiger charge is -2.02. The lowest BCUT2D eigenvalue weighted by atomic mass is 10.1. The third-order valence-electron chi connectivity index (χ3n) is 2.72. The molecule has 1 aromatic heterocycles. The van der Waals surface area contributed by atoms with E-state index in [1.54, 1.807) is 24.3 Å². The van der Waals surface area contributed by atoms with Crippen LogP contribution in [0.15, 0.2) is 28.8 Å². The minimum Gasteiger partial charge on any atom is -0.338 e. The zero-order valence-electron chi connectivity index (χ0n) is 11.9. The molecule has 1 aromatic carbocycles. The summed E-state index contributed by atoms with van der Waals surface area (Å²) in [4.78, 5) is 4.11. The Labute approximate surface area is 129 Å². The molecular weight excluding hydrogens is 312 g/mol. The van der Waals surface area contributed by atoms with Gasteiger partial charge in [-0.05, 0) is 23.6 Å². The van der Waals surface area contributed by atoms with Crippen LogP contribution >= 0.6 is 11.6 Å². The van der Waals surface area contributed by atoms with Gasteiger partial charge in [0.1, 0.15) is 5.75 Å². The van der Waals surface area contributed by atoms with Crippen molar-refractivity contribution in [2.24, 2.45) is 5.92 Å². The molecule has 0 aliphatic carbocycles. The highest BCUT2D eigenvalue weighted by molar-refractivity contribution is 7.89. The number of rotatable bonds is 6. The van der Waals surface area contributed by atoms with E-state index in [0.717, 1.165) is 0 Å². The largest absolute Gasteiger partial charge is 0.338 e. The van der Waals surface area contributed by atoms with Crippen LogP contribution in [0.3, 0.4) is 0 Å². The maximum absolute atomic E-state index is 12.1. The summed E-state index contributed by atoms with van der Waals surface area (Å²) in [5, 5.41) is 4.30. The first-order valence-corrected chi connectivity index (χ1v) is 8.80. The Morgan fingerprint density at radius 1 is 1.29 bits per heavy atom. The van der Waals surface area contributed by atoms with E-state index in [2.05, 4.69) is 10.1 Å². The quantitative estimate of drug-likeness (QED) is 0.814. The van der Waals surface area contributed by atoms with Crippen LogP contribution in [-0.2, 0) is 27.8 Å². The summed E-state index contributed by atoms with van der Waals surface area (Å²) in [6.45, 7) is 4.07. The molecule has 0 atom stereocenters. The Bertz CT molecular complexity index is 711. The molecule has 0 unspecified atom stereocenters. The fourth-order valence-corrected chi connectivity index (χ4v) is 3.41. The summed E-state index contributed by atoms with van der Waals surface area (Å²) in [6.07, 6.45) is 0.665. The molecule has 0 aliphatic heterocycles. The Hall–Kier alpha value is -1.40. The number of hydrogen-bond donors (Lipinski definition) is 0. The minimum absolute atomic E-state index is 0.102. The summed E-state index contributed by atoms with van der Waals surface area (Å²) in [5.41, 5.74) is 0.643. The highest BCUT2D eigenvalue weighted by Gasteiger charge is 2.18. The molecule has 21 heavy (non-hydrogen) atoms. The van der Waals surface area contributed by atoms with Crippen molar-refractivity contribution >= 4 is 21.4 Å². The highest BCUT2D eigenvalue weighted by Crippen LogP contribution is 2.16. The van der Waals surface area contributed by atoms with Crippen molar-refractivity contribution in [2.75, 3.05) is 0 Å². The van der Waals surface area contributed by atoms with E-state index in [1.165, 1.54) is 0 Å². The topological polar surface area (TPSA) is 73.1 Å². The molecule has 0 N–H and O–H groups in total. The number of nitrogens with zero attached hydrogens (tertiary/aromatic N) is 2. The van der Waals surface area contributed by atoms with Crippen LogP contribution in [0.1, 0.15) is 31.1 Å². The first-order valence-electron chi connectivity index (χ1n) is 6.60. The molecule has 0 spiro atoms. The summed E-state index contributed by atoms with van der Waals surface area (Å²) in [7, 11) is -3.37. The fourth-order valence-electron chi connectivity index (χ4n) is 1.92. The average Bonchev–Trinajstić information content (AvgIpc) is 2.73. The maximum atomic E-state index is 12.1. The minimum atomic E-state index is -3.37. The average molecular weight is 329 g/mol. The number of hydrogen-bond acceptors (Lipinski definition) is 5. The fraction of sp³-hybridized carbons (Fsp3) is 0.429. The van der Waals surface area contributed by atoms with E-state index in [1.807, 2.05) is 13.8 Å². The van der Waals surface area contributed by atoms with Crippen molar-refractivity contribution in [2.45, 2.75) is 31.8 Å². The molecule has 0 aliphatic rings. The van der Waals surface area contributed by atoms with Crippen LogP contribution in [0.2, 0.25) is 5.02 Å². The van der Waals surface area contributed by atoms with Gasteiger partial charge >= 0.3 is 0 Å². The lowest BCUT2D eigenvalue weighted by molar-refractivity contribution is 0.380. The van der Waals surface area contributed by atoms with E-state index < -0.39 is 9.84 Å². The molecule has 0 bridgehead atoms. The Kier molecular flexibility index (Phi) is 5.00. The van der Waals surface area contributed by atoms with Crippen LogP contribution in [0, 0.1) is 5.92 Å². The van der Waals surface area contributed by atoms with Crippen molar-refractivity contribution in [1.29, 1.82) is 0 Å². The molecule has 0 saturated carbocycles. The Morgan fingerprint density at radius 3 is 2.71 bits per heavy atom. The molecule has 2 aromatic rings. The second-order valence-electron chi connectivity index (χ2n) is 5.36. The Morgan fingerprint density at radius 2 is 2.05 bits per heavy atom. The maximum Gasteiger partial charge on any atom is 0.241 e. The third kappa shape index (κ3) is 5.13. The van der Waals surface area contributed by atoms with Crippen LogP contribution in [0.5, 0.6) is 0 Å². The molecule has 0 radical (unpaired) electrons. The van der Waals surface area contributed by atoms with Gasteiger partial charge < -0.3 is 4.52 Å². The normalized spacial score (nSPS) is 12.0. The molecule has 1 heterocycles. The molecule has 0 amide bonds. The van der Waals surface area contributed by atoms with Gasteiger partial charge in [-0.25, -0.2) is 8.42 Å². The smallest absolute Gasteiger partial charge is 0.241 e. The van der Waals surface area contributed by atoms with Crippen molar-refractivity contribution < 1.29 is 12.9 Å². The lowest BCUT2D eigenvalue weighted by Crippen LogP contribution is -2.08. The highest BCUT2D eigenvalue weighted by atomic mass is 35.5. The summed E-state index contributed by atoms with van der Waals surface area (Å²) >= 11 is 5.85. The molecule has 2 rings (SSSR count). The van der Waals surface area contributed by atoms with Crippen LogP contribution in [0.25, 0.3) is 0 Å². The molecular formula is C14H17ClN2O3S. The third-order valence-corrected chi connectivity index (χ3v) is 4.42. The number of benzene rings is 1. The van der Waals surface area contributed by atoms with Gasteiger partial charge in [0.15, 0.2) is 15.7 Å². The van der Waals surface area contributed by atoms with Gasteiger partial charge in [0.2, 0.25) is 5.89 Å². The van der Waals surface area contributed by atoms with Gasteiger partial charge in [-0.1, -0.05) is 42.7 Å². The van der Waals surface area contributed by atoms with Crippen molar-refractivity contribution in [3.05, 3.63) is 46.6 Å². The summed E-state index contributed by atoms with van der Waals surface area (Å²) < 4.78 is 29.3. The van der Waals surface area contributed by atoms with Crippen molar-refractivity contribution in [1.82, 2.24) is 10.1 Å². The SMILES string of the molecule is CC(C)Cc1noc(CS(=O)(=O)Cc2cccc(Cl)c2)n1. The summed E-state index contributed by atoms with van der Waals surface area (Å²) in [5.74, 6) is 0.698. The first-order chi connectivity index (χ1) is 9.84. The first kappa shape index (κ1) is 16.0. The predicted octanol–water partition coefficient (Wildman–Crippen LogP) is 3.04. The Balaban J connectivity index is 2.05. The molecule has 0 fully saturated rings. The standard InChI is InChI=1S/C14H17ClN2O3S/c1-10(2)6-13-16-14(20-17-13)9-21(18,19)8-11-4-3-5-12(15)7-11/h3-5,7,10H,6,8-9H2,1-2H3. The van der Waals surface area contributed by atoms with Crippen LogP contribution in [-0.4, -0.2) is 18.6 Å². The predicted molar refractivity (Wildman–Crippen MR) is 80.6 cm³/mol. The van der Waals surface area contributed by atoms with Crippen LogP contribution in [0.4, 0.5) is 0 Å².